The topological polar surface area (TPSA) is 12.0 Å². The standard InChI is InChI=1S/C12H13ClFN/c1-2-3-4-7-15-9-10-5-6-11(13)12(14)8-10/h5-6,8,15H,4,7,9H2,1H3. The average Bonchev–Trinajstić information content (AvgIpc) is 2.23. The van der Waals surface area contributed by atoms with Gasteiger partial charge in [-0.15, -0.1) is 11.8 Å². The summed E-state index contributed by atoms with van der Waals surface area (Å²) in [6, 6.07) is 4.82. The number of nitrogens with one attached hydrogen (secondary N) is 1. The molecule has 15 heavy (non-hydrogen) atoms. The second-order valence-electron chi connectivity index (χ2n) is 3.10. The Morgan fingerprint density at radius 1 is 1.47 bits per heavy atom. The van der Waals surface area contributed by atoms with Crippen LogP contribution in [-0.2, 0) is 6.54 Å². The van der Waals surface area contributed by atoms with Gasteiger partial charge >= 0.3 is 0 Å². The summed E-state index contributed by atoms with van der Waals surface area (Å²) >= 11 is 5.57. The lowest BCUT2D eigenvalue weighted by molar-refractivity contribution is 0.621. The molecule has 80 valence electrons. The minimum atomic E-state index is -0.371. The van der Waals surface area contributed by atoms with Crippen molar-refractivity contribution in [2.24, 2.45) is 0 Å². The molecule has 0 atom stereocenters. The van der Waals surface area contributed by atoms with Crippen LogP contribution in [0.3, 0.4) is 0 Å². The fourth-order valence-electron chi connectivity index (χ4n) is 1.16. The van der Waals surface area contributed by atoms with Gasteiger partial charge < -0.3 is 5.32 Å². The fourth-order valence-corrected chi connectivity index (χ4v) is 1.28. The smallest absolute Gasteiger partial charge is 0.142 e. The van der Waals surface area contributed by atoms with Gasteiger partial charge in [-0.2, -0.15) is 0 Å². The second kappa shape index (κ2) is 6.44. The molecule has 0 unspecified atom stereocenters. The van der Waals surface area contributed by atoms with Crippen LogP contribution in [0.4, 0.5) is 4.39 Å². The minimum Gasteiger partial charge on any atom is -0.312 e. The molecule has 0 saturated heterocycles. The Morgan fingerprint density at radius 2 is 2.27 bits per heavy atom. The minimum absolute atomic E-state index is 0.163. The van der Waals surface area contributed by atoms with Gasteiger partial charge in [0.25, 0.3) is 0 Å². The van der Waals surface area contributed by atoms with Gasteiger partial charge in [-0.1, -0.05) is 17.7 Å². The van der Waals surface area contributed by atoms with Crippen molar-refractivity contribution in [1.82, 2.24) is 5.32 Å². The van der Waals surface area contributed by atoms with E-state index in [1.165, 1.54) is 6.07 Å². The summed E-state index contributed by atoms with van der Waals surface area (Å²) in [4.78, 5) is 0. The Bertz CT molecular complexity index is 379. The normalized spacial score (nSPS) is 9.53. The van der Waals surface area contributed by atoms with Crippen LogP contribution in [0, 0.1) is 17.7 Å². The number of hydrogen-bond donors (Lipinski definition) is 1. The van der Waals surface area contributed by atoms with Gasteiger partial charge in [0.05, 0.1) is 5.02 Å². The highest BCUT2D eigenvalue weighted by Crippen LogP contribution is 2.15. The summed E-state index contributed by atoms with van der Waals surface area (Å²) in [7, 11) is 0. The molecule has 0 saturated carbocycles. The number of hydrogen-bond acceptors (Lipinski definition) is 1. The van der Waals surface area contributed by atoms with Gasteiger partial charge in [0, 0.05) is 19.5 Å². The van der Waals surface area contributed by atoms with Crippen LogP contribution in [0.5, 0.6) is 0 Å². The maximum Gasteiger partial charge on any atom is 0.142 e. The molecule has 0 fully saturated rings. The lowest BCUT2D eigenvalue weighted by Crippen LogP contribution is -2.14. The molecule has 0 spiro atoms. The number of benzene rings is 1. The Labute approximate surface area is 94.6 Å². The van der Waals surface area contributed by atoms with Crippen LogP contribution in [-0.4, -0.2) is 6.54 Å². The Morgan fingerprint density at radius 3 is 2.93 bits per heavy atom. The Hall–Kier alpha value is -1.04. The highest BCUT2D eigenvalue weighted by Gasteiger charge is 1.99. The van der Waals surface area contributed by atoms with Crippen molar-refractivity contribution >= 4 is 11.6 Å². The van der Waals surface area contributed by atoms with Gasteiger partial charge in [-0.25, -0.2) is 4.39 Å². The third kappa shape index (κ3) is 4.33. The maximum atomic E-state index is 13.0. The first kappa shape index (κ1) is 12.0. The quantitative estimate of drug-likeness (QED) is 0.614. The van der Waals surface area contributed by atoms with Crippen LogP contribution in [0.1, 0.15) is 18.9 Å². The van der Waals surface area contributed by atoms with Crippen LogP contribution in [0.2, 0.25) is 5.02 Å². The molecule has 0 aromatic heterocycles. The zero-order chi connectivity index (χ0) is 11.1. The zero-order valence-electron chi connectivity index (χ0n) is 8.61. The van der Waals surface area contributed by atoms with Crippen LogP contribution >= 0.6 is 11.6 Å². The molecule has 0 amide bonds. The summed E-state index contributed by atoms with van der Waals surface area (Å²) < 4.78 is 13.0. The Balaban J connectivity index is 2.36. The summed E-state index contributed by atoms with van der Waals surface area (Å²) in [5, 5.41) is 3.33. The van der Waals surface area contributed by atoms with Crippen molar-refractivity contribution in [2.75, 3.05) is 6.54 Å². The first-order valence-electron chi connectivity index (χ1n) is 4.78. The third-order valence-corrected chi connectivity index (χ3v) is 2.22. The van der Waals surface area contributed by atoms with Crippen molar-refractivity contribution in [3.8, 4) is 11.8 Å². The SMILES string of the molecule is CC#CCCNCc1ccc(Cl)c(F)c1. The molecule has 1 rings (SSSR count). The zero-order valence-corrected chi connectivity index (χ0v) is 9.37. The highest BCUT2D eigenvalue weighted by atomic mass is 35.5. The largest absolute Gasteiger partial charge is 0.312 e. The van der Waals surface area contributed by atoms with Crippen molar-refractivity contribution in [3.05, 3.63) is 34.6 Å². The molecule has 1 nitrogen and oxygen atoms in total. The molecule has 3 heteroatoms. The van der Waals surface area contributed by atoms with E-state index in [-0.39, 0.29) is 10.8 Å². The van der Waals surface area contributed by atoms with E-state index >= 15 is 0 Å². The van der Waals surface area contributed by atoms with E-state index < -0.39 is 0 Å². The first-order valence-corrected chi connectivity index (χ1v) is 5.16. The van der Waals surface area contributed by atoms with E-state index in [0.717, 1.165) is 18.5 Å². The van der Waals surface area contributed by atoms with Gasteiger partial charge in [0.15, 0.2) is 0 Å². The predicted molar refractivity (Wildman–Crippen MR) is 61.2 cm³/mol. The Kier molecular flexibility index (Phi) is 5.17. The summed E-state index contributed by atoms with van der Waals surface area (Å²) in [6.07, 6.45) is 0.812. The van der Waals surface area contributed by atoms with E-state index in [4.69, 9.17) is 11.6 Å². The summed E-state index contributed by atoms with van der Waals surface area (Å²) in [6.45, 7) is 3.26. The van der Waals surface area contributed by atoms with Crippen molar-refractivity contribution < 1.29 is 4.39 Å². The van der Waals surface area contributed by atoms with E-state index in [2.05, 4.69) is 17.2 Å². The van der Waals surface area contributed by atoms with E-state index in [9.17, 15) is 4.39 Å². The average molecular weight is 226 g/mol. The predicted octanol–water partition coefficient (Wildman–Crippen LogP) is 2.98. The molecular weight excluding hydrogens is 213 g/mol. The van der Waals surface area contributed by atoms with Gasteiger partial charge in [0.1, 0.15) is 5.82 Å². The monoisotopic (exact) mass is 225 g/mol. The molecule has 0 aliphatic heterocycles. The highest BCUT2D eigenvalue weighted by molar-refractivity contribution is 6.30. The van der Waals surface area contributed by atoms with Crippen LogP contribution in [0.15, 0.2) is 18.2 Å². The molecule has 1 aromatic carbocycles. The van der Waals surface area contributed by atoms with Crippen molar-refractivity contribution in [3.63, 3.8) is 0 Å². The van der Waals surface area contributed by atoms with E-state index in [1.807, 2.05) is 13.0 Å². The number of halogens is 2. The molecule has 1 aromatic rings. The van der Waals surface area contributed by atoms with Gasteiger partial charge in [-0.3, -0.25) is 0 Å². The fraction of sp³-hybridized carbons (Fsp3) is 0.333. The summed E-state index contributed by atoms with van der Waals surface area (Å²) in [5.74, 6) is 5.39. The first-order chi connectivity index (χ1) is 7.24. The van der Waals surface area contributed by atoms with E-state index in [1.54, 1.807) is 6.07 Å². The third-order valence-electron chi connectivity index (χ3n) is 1.92. The molecule has 0 heterocycles. The van der Waals surface area contributed by atoms with Gasteiger partial charge in [-0.05, 0) is 24.6 Å². The molecule has 0 aliphatic carbocycles. The molecular formula is C12H13ClFN. The molecule has 1 N–H and O–H groups in total. The van der Waals surface area contributed by atoms with E-state index in [0.29, 0.717) is 6.54 Å². The second-order valence-corrected chi connectivity index (χ2v) is 3.51. The number of rotatable bonds is 4. The van der Waals surface area contributed by atoms with Gasteiger partial charge in [0.2, 0.25) is 0 Å². The van der Waals surface area contributed by atoms with Crippen LogP contribution in [0.25, 0.3) is 0 Å². The molecule has 0 bridgehead atoms. The maximum absolute atomic E-state index is 13.0. The van der Waals surface area contributed by atoms with Crippen molar-refractivity contribution in [1.29, 1.82) is 0 Å². The molecule has 0 aliphatic rings. The van der Waals surface area contributed by atoms with Crippen LogP contribution < -0.4 is 5.32 Å². The lowest BCUT2D eigenvalue weighted by Gasteiger charge is -2.03. The van der Waals surface area contributed by atoms with Crippen molar-refractivity contribution in [2.45, 2.75) is 19.9 Å². The summed E-state index contributed by atoms with van der Waals surface area (Å²) in [5.41, 5.74) is 0.890. The molecule has 0 radical (unpaired) electrons. The lowest BCUT2D eigenvalue weighted by atomic mass is 10.2.